The third-order valence-corrected chi connectivity index (χ3v) is 13.5. The van der Waals surface area contributed by atoms with Crippen molar-refractivity contribution in [3.05, 3.63) is 23.8 Å². The van der Waals surface area contributed by atoms with Crippen molar-refractivity contribution in [1.82, 2.24) is 0 Å². The van der Waals surface area contributed by atoms with Crippen LogP contribution in [0.2, 0.25) is 0 Å². The fourth-order valence-electron chi connectivity index (χ4n) is 10.8. The molecule has 3 fully saturated rings. The standard InChI is InChI=1S/C42H72O2/c1-7-8-9-10-11-12-13-14-15-16-17-18-22-40(43)44-35-27-29-41(5)34(31-35)23-24-36-38-26-25-37(33(4)21-19-20-32(2)3)42(38,6)30-28-39(36)41/h11-12,23,32-33,35-39H,7-10,13-22,24-31H2,1-6H3. The summed E-state index contributed by atoms with van der Waals surface area (Å²) in [5, 5.41) is 0. The second-order valence-corrected chi connectivity index (χ2v) is 16.9. The summed E-state index contributed by atoms with van der Waals surface area (Å²) in [6, 6.07) is 0. The molecular formula is C42H72O2. The Bertz CT molecular complexity index is 930. The van der Waals surface area contributed by atoms with Gasteiger partial charge in [0.05, 0.1) is 0 Å². The van der Waals surface area contributed by atoms with E-state index in [2.05, 4.69) is 59.8 Å². The molecule has 0 spiro atoms. The Balaban J connectivity index is 1.18. The Morgan fingerprint density at radius 3 is 2.34 bits per heavy atom. The molecule has 0 aromatic carbocycles. The van der Waals surface area contributed by atoms with E-state index in [0.717, 1.165) is 61.2 Å². The molecule has 2 nitrogen and oxygen atoms in total. The van der Waals surface area contributed by atoms with Crippen LogP contribution >= 0.6 is 0 Å². The maximum atomic E-state index is 12.8. The summed E-state index contributed by atoms with van der Waals surface area (Å²) in [6.45, 7) is 14.9. The smallest absolute Gasteiger partial charge is 0.306 e. The zero-order valence-electron chi connectivity index (χ0n) is 30.1. The molecular weight excluding hydrogens is 536 g/mol. The summed E-state index contributed by atoms with van der Waals surface area (Å²) in [5.74, 6) is 5.32. The Hall–Kier alpha value is -1.05. The number of esters is 1. The number of carbonyl (C=O) groups is 1. The lowest BCUT2D eigenvalue weighted by Gasteiger charge is -2.58. The van der Waals surface area contributed by atoms with Crippen LogP contribution in [0.15, 0.2) is 23.8 Å². The number of ether oxygens (including phenoxy) is 1. The molecule has 0 aromatic heterocycles. The third-order valence-electron chi connectivity index (χ3n) is 13.5. The van der Waals surface area contributed by atoms with Crippen molar-refractivity contribution in [2.24, 2.45) is 46.3 Å². The molecule has 4 aliphatic carbocycles. The van der Waals surface area contributed by atoms with Crippen LogP contribution in [0.4, 0.5) is 0 Å². The minimum Gasteiger partial charge on any atom is -0.462 e. The van der Waals surface area contributed by atoms with Crippen molar-refractivity contribution >= 4 is 5.97 Å². The van der Waals surface area contributed by atoms with E-state index >= 15 is 0 Å². The zero-order chi connectivity index (χ0) is 31.6. The van der Waals surface area contributed by atoms with Crippen LogP contribution in [0.5, 0.6) is 0 Å². The van der Waals surface area contributed by atoms with Gasteiger partial charge in [-0.25, -0.2) is 0 Å². The highest BCUT2D eigenvalue weighted by atomic mass is 16.5. The highest BCUT2D eigenvalue weighted by Gasteiger charge is 2.59. The summed E-state index contributed by atoms with van der Waals surface area (Å²) >= 11 is 0. The molecule has 8 atom stereocenters. The molecule has 0 aromatic rings. The molecule has 0 bridgehead atoms. The monoisotopic (exact) mass is 609 g/mol. The van der Waals surface area contributed by atoms with Gasteiger partial charge in [0.1, 0.15) is 6.10 Å². The lowest BCUT2D eigenvalue weighted by molar-refractivity contribution is -0.151. The lowest BCUT2D eigenvalue weighted by atomic mass is 9.47. The first kappa shape index (κ1) is 35.8. The molecule has 0 heterocycles. The maximum absolute atomic E-state index is 12.8. The summed E-state index contributed by atoms with van der Waals surface area (Å²) in [6.07, 6.45) is 35.1. The number of allylic oxidation sites excluding steroid dienone is 3. The summed E-state index contributed by atoms with van der Waals surface area (Å²) in [5.41, 5.74) is 2.53. The van der Waals surface area contributed by atoms with Crippen LogP contribution in [0.25, 0.3) is 0 Å². The highest BCUT2D eigenvalue weighted by molar-refractivity contribution is 5.69. The van der Waals surface area contributed by atoms with Gasteiger partial charge in [-0.3, -0.25) is 4.79 Å². The van der Waals surface area contributed by atoms with E-state index in [1.807, 2.05) is 0 Å². The van der Waals surface area contributed by atoms with Crippen LogP contribution in [-0.2, 0) is 9.53 Å². The van der Waals surface area contributed by atoms with Crippen molar-refractivity contribution in [2.75, 3.05) is 0 Å². The Morgan fingerprint density at radius 1 is 0.864 bits per heavy atom. The molecule has 2 heteroatoms. The number of hydrogen-bond acceptors (Lipinski definition) is 2. The zero-order valence-corrected chi connectivity index (χ0v) is 30.1. The predicted octanol–water partition coefficient (Wildman–Crippen LogP) is 12.8. The number of fused-ring (bicyclic) bond motifs is 5. The average Bonchev–Trinajstić information content (AvgIpc) is 3.35. The van der Waals surface area contributed by atoms with E-state index in [4.69, 9.17) is 4.74 Å². The van der Waals surface area contributed by atoms with Gasteiger partial charge in [-0.1, -0.05) is 117 Å². The van der Waals surface area contributed by atoms with Crippen molar-refractivity contribution < 1.29 is 9.53 Å². The number of carbonyl (C=O) groups excluding carboxylic acids is 1. The van der Waals surface area contributed by atoms with E-state index in [9.17, 15) is 4.79 Å². The normalized spacial score (nSPS) is 34.0. The van der Waals surface area contributed by atoms with Crippen LogP contribution < -0.4 is 0 Å². The summed E-state index contributed by atoms with van der Waals surface area (Å²) in [7, 11) is 0. The Labute approximate surface area is 274 Å². The largest absolute Gasteiger partial charge is 0.462 e. The fourth-order valence-corrected chi connectivity index (χ4v) is 10.8. The second-order valence-electron chi connectivity index (χ2n) is 16.9. The molecule has 3 saturated carbocycles. The van der Waals surface area contributed by atoms with E-state index in [0.29, 0.717) is 17.3 Å². The van der Waals surface area contributed by atoms with Gasteiger partial charge in [0, 0.05) is 12.8 Å². The minimum absolute atomic E-state index is 0.0517. The summed E-state index contributed by atoms with van der Waals surface area (Å²) in [4.78, 5) is 12.8. The van der Waals surface area contributed by atoms with E-state index < -0.39 is 0 Å². The Kier molecular flexibility index (Phi) is 14.0. The van der Waals surface area contributed by atoms with Gasteiger partial charge in [-0.05, 0) is 123 Å². The quantitative estimate of drug-likeness (QED) is 0.0879. The minimum atomic E-state index is 0.0517. The summed E-state index contributed by atoms with van der Waals surface area (Å²) < 4.78 is 6.11. The Morgan fingerprint density at radius 2 is 1.59 bits per heavy atom. The van der Waals surface area contributed by atoms with Crippen LogP contribution in [-0.4, -0.2) is 12.1 Å². The van der Waals surface area contributed by atoms with Crippen molar-refractivity contribution in [3.8, 4) is 0 Å². The second kappa shape index (κ2) is 17.2. The molecule has 44 heavy (non-hydrogen) atoms. The molecule has 0 aliphatic heterocycles. The van der Waals surface area contributed by atoms with Crippen molar-refractivity contribution in [3.63, 3.8) is 0 Å². The SMILES string of the molecule is CCCCCC=CCCCCCCCC(=O)OC1CCC2(C)C(=CCC3C2CCC2(C)C(C(C)CCCC(C)C)CCC32)C1. The number of unbranched alkanes of at least 4 members (excludes halogenated alkanes) is 8. The fraction of sp³-hybridized carbons (Fsp3) is 0.881. The highest BCUT2D eigenvalue weighted by Crippen LogP contribution is 2.67. The van der Waals surface area contributed by atoms with E-state index in [-0.39, 0.29) is 12.1 Å². The van der Waals surface area contributed by atoms with Crippen LogP contribution in [0.3, 0.4) is 0 Å². The first-order valence-corrected chi connectivity index (χ1v) is 19.7. The third kappa shape index (κ3) is 9.06. The van der Waals surface area contributed by atoms with Crippen molar-refractivity contribution in [1.29, 1.82) is 0 Å². The van der Waals surface area contributed by atoms with Gasteiger partial charge >= 0.3 is 5.97 Å². The van der Waals surface area contributed by atoms with Gasteiger partial charge < -0.3 is 4.74 Å². The van der Waals surface area contributed by atoms with Gasteiger partial charge in [0.2, 0.25) is 0 Å². The van der Waals surface area contributed by atoms with Gasteiger partial charge in [-0.2, -0.15) is 0 Å². The number of rotatable bonds is 18. The topological polar surface area (TPSA) is 26.3 Å². The van der Waals surface area contributed by atoms with Crippen LogP contribution in [0, 0.1) is 46.3 Å². The van der Waals surface area contributed by atoms with Gasteiger partial charge in [-0.15, -0.1) is 0 Å². The molecule has 0 amide bonds. The molecule has 0 saturated heterocycles. The molecule has 0 N–H and O–H groups in total. The van der Waals surface area contributed by atoms with E-state index in [1.54, 1.807) is 5.57 Å². The molecule has 4 aliphatic rings. The molecule has 8 unspecified atom stereocenters. The number of hydrogen-bond donors (Lipinski definition) is 0. The van der Waals surface area contributed by atoms with Crippen molar-refractivity contribution in [2.45, 2.75) is 189 Å². The average molecular weight is 609 g/mol. The van der Waals surface area contributed by atoms with Gasteiger partial charge in [0.25, 0.3) is 0 Å². The molecule has 4 rings (SSSR count). The van der Waals surface area contributed by atoms with Gasteiger partial charge in [0.15, 0.2) is 0 Å². The first-order chi connectivity index (χ1) is 21.2. The molecule has 252 valence electrons. The maximum Gasteiger partial charge on any atom is 0.306 e. The van der Waals surface area contributed by atoms with Crippen LogP contribution in [0.1, 0.15) is 183 Å². The first-order valence-electron chi connectivity index (χ1n) is 19.7. The predicted molar refractivity (Wildman–Crippen MR) is 189 cm³/mol. The van der Waals surface area contributed by atoms with E-state index in [1.165, 1.54) is 109 Å². The lowest BCUT2D eigenvalue weighted by Crippen LogP contribution is -2.51. The molecule has 0 radical (unpaired) electrons.